The van der Waals surface area contributed by atoms with Crippen LogP contribution in [0.3, 0.4) is 0 Å². The van der Waals surface area contributed by atoms with Crippen LogP contribution in [0, 0.1) is 5.92 Å². The number of ether oxygens (including phenoxy) is 2. The van der Waals surface area contributed by atoms with Crippen LogP contribution >= 0.6 is 15.9 Å². The van der Waals surface area contributed by atoms with Crippen molar-refractivity contribution in [1.82, 2.24) is 0 Å². The Morgan fingerprint density at radius 2 is 2.25 bits per heavy atom. The normalized spacial score (nSPS) is 14.8. The zero-order valence-electron chi connectivity index (χ0n) is 8.82. The highest BCUT2D eigenvalue weighted by atomic mass is 79.9. The van der Waals surface area contributed by atoms with E-state index in [1.807, 2.05) is 0 Å². The quantitative estimate of drug-likeness (QED) is 0.458. The first-order valence-corrected chi connectivity index (χ1v) is 6.04. The molecular weight excluding hydrogens is 272 g/mol. The van der Waals surface area contributed by atoms with Crippen molar-refractivity contribution >= 4 is 22.2 Å². The van der Waals surface area contributed by atoms with Crippen LogP contribution in [0.5, 0.6) is 5.75 Å². The second-order valence-electron chi connectivity index (χ2n) is 3.88. The molecule has 86 valence electrons. The van der Waals surface area contributed by atoms with Gasteiger partial charge in [-0.15, -0.1) is 0 Å². The zero-order chi connectivity index (χ0) is 11.4. The molecule has 0 unspecified atom stereocenters. The van der Waals surface area contributed by atoms with Gasteiger partial charge in [-0.25, -0.2) is 0 Å². The minimum absolute atomic E-state index is 0.246. The third kappa shape index (κ3) is 3.32. The summed E-state index contributed by atoms with van der Waals surface area (Å²) in [6.45, 7) is 1.02. The van der Waals surface area contributed by atoms with Crippen LogP contribution in [0.2, 0.25) is 0 Å². The molecule has 1 fully saturated rings. The van der Waals surface area contributed by atoms with Gasteiger partial charge in [-0.2, -0.15) is 0 Å². The molecule has 0 atom stereocenters. The van der Waals surface area contributed by atoms with E-state index in [4.69, 9.17) is 9.47 Å². The summed E-state index contributed by atoms with van der Waals surface area (Å²) in [5.41, 5.74) is 0.583. The molecule has 0 heterocycles. The zero-order valence-corrected chi connectivity index (χ0v) is 10.4. The van der Waals surface area contributed by atoms with Crippen LogP contribution in [0.15, 0.2) is 22.7 Å². The molecule has 1 saturated carbocycles. The molecule has 16 heavy (non-hydrogen) atoms. The number of benzene rings is 1. The molecule has 1 aliphatic rings. The van der Waals surface area contributed by atoms with E-state index in [-0.39, 0.29) is 6.79 Å². The molecule has 0 spiro atoms. The number of halogens is 1. The van der Waals surface area contributed by atoms with Crippen molar-refractivity contribution in [2.45, 2.75) is 12.8 Å². The predicted octanol–water partition coefficient (Wildman–Crippen LogP) is 3.02. The van der Waals surface area contributed by atoms with Crippen LogP contribution < -0.4 is 4.74 Å². The first-order valence-electron chi connectivity index (χ1n) is 5.25. The Morgan fingerprint density at radius 3 is 2.94 bits per heavy atom. The predicted molar refractivity (Wildman–Crippen MR) is 63.7 cm³/mol. The van der Waals surface area contributed by atoms with Crippen LogP contribution in [0.4, 0.5) is 0 Å². The maximum Gasteiger partial charge on any atom is 0.189 e. The monoisotopic (exact) mass is 284 g/mol. The Balaban J connectivity index is 1.80. The van der Waals surface area contributed by atoms with Crippen molar-refractivity contribution in [2.75, 3.05) is 13.4 Å². The number of carbonyl (C=O) groups is 1. The third-order valence-electron chi connectivity index (χ3n) is 2.45. The van der Waals surface area contributed by atoms with Gasteiger partial charge in [-0.1, -0.05) is 15.9 Å². The van der Waals surface area contributed by atoms with Crippen LogP contribution in [0.25, 0.3) is 0 Å². The van der Waals surface area contributed by atoms with Gasteiger partial charge in [0.05, 0.1) is 6.61 Å². The number of rotatable bonds is 6. The minimum Gasteiger partial charge on any atom is -0.468 e. The van der Waals surface area contributed by atoms with E-state index in [1.54, 1.807) is 18.2 Å². The number of aldehydes is 1. The van der Waals surface area contributed by atoms with Crippen molar-refractivity contribution in [1.29, 1.82) is 0 Å². The second kappa shape index (κ2) is 5.46. The van der Waals surface area contributed by atoms with Crippen molar-refractivity contribution in [2.24, 2.45) is 5.92 Å². The van der Waals surface area contributed by atoms with Crippen molar-refractivity contribution in [3.8, 4) is 5.75 Å². The van der Waals surface area contributed by atoms with E-state index in [0.29, 0.717) is 11.3 Å². The summed E-state index contributed by atoms with van der Waals surface area (Å²) in [4.78, 5) is 10.7. The van der Waals surface area contributed by atoms with Gasteiger partial charge in [0, 0.05) is 10.0 Å². The lowest BCUT2D eigenvalue weighted by molar-refractivity contribution is 0.00994. The highest BCUT2D eigenvalue weighted by Gasteiger charge is 2.21. The molecule has 1 aromatic rings. The van der Waals surface area contributed by atoms with Gasteiger partial charge < -0.3 is 9.47 Å². The Bertz CT molecular complexity index is 375. The maximum atomic E-state index is 10.7. The highest BCUT2D eigenvalue weighted by molar-refractivity contribution is 9.10. The summed E-state index contributed by atoms with van der Waals surface area (Å²) in [5.74, 6) is 1.39. The van der Waals surface area contributed by atoms with Gasteiger partial charge in [-0.3, -0.25) is 4.79 Å². The van der Waals surface area contributed by atoms with Gasteiger partial charge >= 0.3 is 0 Å². The van der Waals surface area contributed by atoms with Gasteiger partial charge in [0.25, 0.3) is 0 Å². The van der Waals surface area contributed by atoms with E-state index in [1.165, 1.54) is 12.8 Å². The van der Waals surface area contributed by atoms with Crippen LogP contribution in [-0.4, -0.2) is 19.7 Å². The molecule has 0 aromatic heterocycles. The molecule has 0 amide bonds. The molecule has 2 rings (SSSR count). The molecule has 1 aromatic carbocycles. The number of carbonyl (C=O) groups excluding carboxylic acids is 1. The average molecular weight is 285 g/mol. The molecule has 4 heteroatoms. The molecule has 0 N–H and O–H groups in total. The fourth-order valence-corrected chi connectivity index (χ4v) is 1.65. The molecule has 0 aliphatic heterocycles. The van der Waals surface area contributed by atoms with Crippen LogP contribution in [-0.2, 0) is 4.74 Å². The second-order valence-corrected chi connectivity index (χ2v) is 4.73. The molecule has 0 bridgehead atoms. The average Bonchev–Trinajstić information content (AvgIpc) is 3.10. The van der Waals surface area contributed by atoms with E-state index in [9.17, 15) is 4.79 Å². The Labute approximate surface area is 103 Å². The first kappa shape index (κ1) is 11.6. The van der Waals surface area contributed by atoms with E-state index in [0.717, 1.165) is 23.3 Å². The molecule has 0 saturated heterocycles. The molecule has 1 aliphatic carbocycles. The summed E-state index contributed by atoms with van der Waals surface area (Å²) >= 11 is 3.28. The Morgan fingerprint density at radius 1 is 1.44 bits per heavy atom. The lowest BCUT2D eigenvalue weighted by atomic mass is 10.2. The lowest BCUT2D eigenvalue weighted by Gasteiger charge is -2.07. The smallest absolute Gasteiger partial charge is 0.189 e. The SMILES string of the molecule is O=Cc1cc(OCOCC2CC2)ccc1Br. The lowest BCUT2D eigenvalue weighted by Crippen LogP contribution is -2.05. The van der Waals surface area contributed by atoms with Gasteiger partial charge in [0.15, 0.2) is 13.1 Å². The number of hydrogen-bond acceptors (Lipinski definition) is 3. The summed E-state index contributed by atoms with van der Waals surface area (Å²) in [7, 11) is 0. The largest absolute Gasteiger partial charge is 0.468 e. The maximum absolute atomic E-state index is 10.7. The fourth-order valence-electron chi connectivity index (χ4n) is 1.31. The third-order valence-corrected chi connectivity index (χ3v) is 3.18. The fraction of sp³-hybridized carbons (Fsp3) is 0.417. The Hall–Kier alpha value is -0.870. The van der Waals surface area contributed by atoms with Crippen molar-refractivity contribution in [3.05, 3.63) is 28.2 Å². The molecule has 0 radical (unpaired) electrons. The molecular formula is C12H13BrO3. The van der Waals surface area contributed by atoms with E-state index >= 15 is 0 Å². The van der Waals surface area contributed by atoms with Crippen molar-refractivity contribution < 1.29 is 14.3 Å². The highest BCUT2D eigenvalue weighted by Crippen LogP contribution is 2.28. The summed E-state index contributed by atoms with van der Waals surface area (Å²) < 4.78 is 11.5. The summed E-state index contributed by atoms with van der Waals surface area (Å²) in [6.07, 6.45) is 3.34. The topological polar surface area (TPSA) is 35.5 Å². The standard InChI is InChI=1S/C12H13BrO3/c13-12-4-3-11(5-10(12)6-14)16-8-15-7-9-1-2-9/h3-6,9H,1-2,7-8H2. The van der Waals surface area contributed by atoms with Gasteiger partial charge in [-0.05, 0) is 37.0 Å². The van der Waals surface area contributed by atoms with E-state index in [2.05, 4.69) is 15.9 Å². The van der Waals surface area contributed by atoms with Crippen LogP contribution in [0.1, 0.15) is 23.2 Å². The van der Waals surface area contributed by atoms with E-state index < -0.39 is 0 Å². The summed E-state index contributed by atoms with van der Waals surface area (Å²) in [5, 5.41) is 0. The first-order chi connectivity index (χ1) is 7.79. The minimum atomic E-state index is 0.246. The van der Waals surface area contributed by atoms with Gasteiger partial charge in [0.1, 0.15) is 5.75 Å². The number of hydrogen-bond donors (Lipinski definition) is 0. The summed E-state index contributed by atoms with van der Waals surface area (Å²) in [6, 6.07) is 5.29. The molecule has 3 nitrogen and oxygen atoms in total. The van der Waals surface area contributed by atoms with Crippen molar-refractivity contribution in [3.63, 3.8) is 0 Å². The van der Waals surface area contributed by atoms with Gasteiger partial charge in [0.2, 0.25) is 0 Å². The Kier molecular flexibility index (Phi) is 3.96.